The van der Waals surface area contributed by atoms with Gasteiger partial charge >= 0.3 is 17.1 Å². The third-order valence-corrected chi connectivity index (χ3v) is 4.33. The van der Waals surface area contributed by atoms with Crippen molar-refractivity contribution in [2.45, 2.75) is 0 Å². The second-order valence-corrected chi connectivity index (χ2v) is 5.98. The Kier molecular flexibility index (Phi) is 7.72. The van der Waals surface area contributed by atoms with Crippen LogP contribution in [0.1, 0.15) is 11.1 Å². The summed E-state index contributed by atoms with van der Waals surface area (Å²) in [5.74, 6) is 0. The monoisotopic (exact) mass is 385 g/mol. The van der Waals surface area contributed by atoms with Gasteiger partial charge in [0.2, 0.25) is 0 Å². The average molecular weight is 385 g/mol. The van der Waals surface area contributed by atoms with Crippen LogP contribution in [0.15, 0.2) is 103 Å². The van der Waals surface area contributed by atoms with Crippen molar-refractivity contribution in [2.75, 3.05) is 0 Å². The molecule has 124 valence electrons. The van der Waals surface area contributed by atoms with Gasteiger partial charge in [-0.2, -0.15) is 18.2 Å². The minimum absolute atomic E-state index is 0. The van der Waals surface area contributed by atoms with Crippen molar-refractivity contribution in [1.29, 1.82) is 0 Å². The van der Waals surface area contributed by atoms with Crippen LogP contribution in [0.3, 0.4) is 0 Å². The standard InChI is InChI=1S/C17H13OP.C5H5.Fe/c18-19-16-12-11-15(13-7-3-1-4-8-13)17(16)14-9-5-2-6-10-14;1-2-4-5-3-1;/h1-12,18H;1-5H;/q;-1;+2. The Morgan fingerprint density at radius 3 is 1.72 bits per heavy atom. The Bertz CT molecular complexity index is 830. The van der Waals surface area contributed by atoms with Gasteiger partial charge in [0.05, 0.1) is 8.43 Å². The SMILES string of the molecule is OP=C1C=CC(c2ccccc2)=C1c1ccccc1.[Fe+2].c1cc[cH-]c1. The summed E-state index contributed by atoms with van der Waals surface area (Å²) >= 11 is 0. The molecule has 0 saturated carbocycles. The maximum absolute atomic E-state index is 9.51. The van der Waals surface area contributed by atoms with Gasteiger partial charge in [0.15, 0.2) is 0 Å². The topological polar surface area (TPSA) is 20.2 Å². The van der Waals surface area contributed by atoms with Crippen LogP contribution in [0.2, 0.25) is 0 Å². The van der Waals surface area contributed by atoms with Gasteiger partial charge in [0, 0.05) is 10.9 Å². The fourth-order valence-electron chi connectivity index (χ4n) is 2.64. The van der Waals surface area contributed by atoms with Crippen molar-refractivity contribution < 1.29 is 22.0 Å². The Labute approximate surface area is 161 Å². The molecule has 0 saturated heterocycles. The van der Waals surface area contributed by atoms with E-state index in [1.54, 1.807) is 0 Å². The van der Waals surface area contributed by atoms with Crippen LogP contribution < -0.4 is 0 Å². The molecule has 3 aromatic carbocycles. The van der Waals surface area contributed by atoms with Gasteiger partial charge in [-0.05, 0) is 22.8 Å². The zero-order chi connectivity index (χ0) is 16.6. The van der Waals surface area contributed by atoms with Crippen molar-refractivity contribution >= 4 is 24.9 Å². The molecule has 1 aliphatic rings. The summed E-state index contributed by atoms with van der Waals surface area (Å²) in [6, 6.07) is 30.5. The fourth-order valence-corrected chi connectivity index (χ4v) is 3.13. The third kappa shape index (κ3) is 4.95. The van der Waals surface area contributed by atoms with Crippen LogP contribution >= 0.6 is 8.43 Å². The molecule has 0 atom stereocenters. The molecule has 25 heavy (non-hydrogen) atoms. The smallest absolute Gasteiger partial charge is 0.341 e. The second-order valence-electron chi connectivity index (χ2n) is 5.30. The van der Waals surface area contributed by atoms with Crippen molar-refractivity contribution in [3.8, 4) is 0 Å². The molecule has 0 heterocycles. The zero-order valence-electron chi connectivity index (χ0n) is 13.6. The predicted octanol–water partition coefficient (Wildman–Crippen LogP) is 5.60. The van der Waals surface area contributed by atoms with E-state index in [1.807, 2.05) is 72.8 Å². The Hall–Kier alpha value is -2.08. The van der Waals surface area contributed by atoms with Gasteiger partial charge in [-0.15, -0.1) is 0 Å². The number of hydrogen-bond acceptors (Lipinski definition) is 1. The van der Waals surface area contributed by atoms with Crippen LogP contribution in [0, 0.1) is 0 Å². The van der Waals surface area contributed by atoms with Gasteiger partial charge in [-0.25, -0.2) is 12.1 Å². The van der Waals surface area contributed by atoms with Gasteiger partial charge in [0.1, 0.15) is 0 Å². The van der Waals surface area contributed by atoms with Gasteiger partial charge < -0.3 is 4.89 Å². The van der Waals surface area contributed by atoms with E-state index in [9.17, 15) is 4.89 Å². The van der Waals surface area contributed by atoms with Gasteiger partial charge in [-0.1, -0.05) is 66.7 Å². The van der Waals surface area contributed by atoms with Crippen LogP contribution in [-0.2, 0) is 17.1 Å². The van der Waals surface area contributed by atoms with E-state index in [-0.39, 0.29) is 17.1 Å². The number of hydrogen-bond donors (Lipinski definition) is 1. The van der Waals surface area contributed by atoms with Crippen molar-refractivity contribution in [3.05, 3.63) is 114 Å². The van der Waals surface area contributed by atoms with E-state index in [2.05, 4.69) is 30.3 Å². The van der Waals surface area contributed by atoms with E-state index < -0.39 is 0 Å². The van der Waals surface area contributed by atoms with Crippen molar-refractivity contribution in [2.24, 2.45) is 0 Å². The van der Waals surface area contributed by atoms with E-state index in [4.69, 9.17) is 0 Å². The normalized spacial score (nSPS) is 14.0. The Balaban J connectivity index is 0.000000325. The molecular weight excluding hydrogens is 367 g/mol. The summed E-state index contributed by atoms with van der Waals surface area (Å²) in [6.45, 7) is 0. The molecule has 3 heteroatoms. The molecule has 4 rings (SSSR count). The first-order valence-corrected chi connectivity index (χ1v) is 8.67. The molecule has 0 spiro atoms. The summed E-state index contributed by atoms with van der Waals surface area (Å²) < 4.78 is 0. The molecule has 0 fully saturated rings. The summed E-state index contributed by atoms with van der Waals surface area (Å²) in [5, 5.41) is 0.949. The average Bonchev–Trinajstić information content (AvgIpc) is 3.36. The maximum atomic E-state index is 9.51. The second kappa shape index (κ2) is 10.0. The third-order valence-electron chi connectivity index (χ3n) is 3.74. The van der Waals surface area contributed by atoms with Crippen LogP contribution in [0.5, 0.6) is 0 Å². The number of benzene rings is 2. The summed E-state index contributed by atoms with van der Waals surface area (Å²) in [5.41, 5.74) is 4.61. The number of allylic oxidation sites excluding steroid dienone is 4. The van der Waals surface area contributed by atoms with Crippen LogP contribution in [0.25, 0.3) is 11.1 Å². The molecule has 1 nitrogen and oxygen atoms in total. The largest absolute Gasteiger partial charge is 2.00 e. The molecule has 0 unspecified atom stereocenters. The molecular formula is C22H18FeOP+. The number of rotatable bonds is 2. The molecule has 0 aromatic heterocycles. The van der Waals surface area contributed by atoms with E-state index in [1.165, 1.54) is 11.1 Å². The Morgan fingerprint density at radius 1 is 0.680 bits per heavy atom. The van der Waals surface area contributed by atoms with E-state index in [0.29, 0.717) is 8.43 Å². The summed E-state index contributed by atoms with van der Waals surface area (Å²) in [7, 11) is 0.313. The maximum Gasteiger partial charge on any atom is 2.00 e. The van der Waals surface area contributed by atoms with Crippen LogP contribution in [-0.4, -0.2) is 10.2 Å². The van der Waals surface area contributed by atoms with E-state index in [0.717, 1.165) is 16.4 Å². The van der Waals surface area contributed by atoms with E-state index >= 15 is 0 Å². The minimum atomic E-state index is 0. The predicted molar refractivity (Wildman–Crippen MR) is 105 cm³/mol. The molecule has 1 aliphatic carbocycles. The minimum Gasteiger partial charge on any atom is -0.341 e. The fraction of sp³-hybridized carbons (Fsp3) is 0. The zero-order valence-corrected chi connectivity index (χ0v) is 15.6. The molecule has 0 amide bonds. The summed E-state index contributed by atoms with van der Waals surface area (Å²) in [6.07, 6.45) is 4.07. The quantitative estimate of drug-likeness (QED) is 0.346. The van der Waals surface area contributed by atoms with Gasteiger partial charge in [-0.3, -0.25) is 0 Å². The first kappa shape index (κ1) is 19.2. The molecule has 0 bridgehead atoms. The molecule has 3 aromatic rings. The van der Waals surface area contributed by atoms with Crippen molar-refractivity contribution in [3.63, 3.8) is 0 Å². The molecule has 0 aliphatic heterocycles. The first-order chi connectivity index (χ1) is 11.9. The first-order valence-electron chi connectivity index (χ1n) is 7.82. The van der Waals surface area contributed by atoms with Crippen molar-refractivity contribution in [1.82, 2.24) is 0 Å². The van der Waals surface area contributed by atoms with Crippen LogP contribution in [0.4, 0.5) is 0 Å². The molecule has 0 radical (unpaired) electrons. The summed E-state index contributed by atoms with van der Waals surface area (Å²) in [4.78, 5) is 9.51. The molecule has 1 N–H and O–H groups in total. The Morgan fingerprint density at radius 2 is 1.24 bits per heavy atom. The van der Waals surface area contributed by atoms with Gasteiger partial charge in [0.25, 0.3) is 0 Å².